The number of hydrogen-bond donors (Lipinski definition) is 1. The van der Waals surface area contributed by atoms with Crippen LogP contribution in [0.1, 0.15) is 31.2 Å². The number of pyridine rings is 1. The third-order valence-corrected chi connectivity index (χ3v) is 3.69. The predicted octanol–water partition coefficient (Wildman–Crippen LogP) is 3.90. The largest absolute Gasteiger partial charge is 0.382 e. The number of nitrogens with one attached hydrogen (secondary N) is 1. The standard InChI is InChI=1S/C15H18N2/c1-11-8-9-14(17-12-5-2-3-6-12)13-7-4-10-16-15(11)13/h4,7-10,12,17H,2-3,5-6H2,1H3. The lowest BCUT2D eigenvalue weighted by atomic mass is 10.1. The minimum atomic E-state index is 0.654. The molecule has 0 spiro atoms. The van der Waals surface area contributed by atoms with Gasteiger partial charge in [-0.15, -0.1) is 0 Å². The SMILES string of the molecule is Cc1ccc(NC2CCCC2)c2cccnc12. The molecule has 1 N–H and O–H groups in total. The highest BCUT2D eigenvalue weighted by Crippen LogP contribution is 2.28. The van der Waals surface area contributed by atoms with Crippen LogP contribution in [0.2, 0.25) is 0 Å². The third-order valence-electron chi connectivity index (χ3n) is 3.69. The Labute approximate surface area is 102 Å². The van der Waals surface area contributed by atoms with Crippen molar-refractivity contribution in [3.8, 4) is 0 Å². The fraction of sp³-hybridized carbons (Fsp3) is 0.400. The van der Waals surface area contributed by atoms with E-state index in [0.29, 0.717) is 6.04 Å². The van der Waals surface area contributed by atoms with Crippen molar-refractivity contribution >= 4 is 16.6 Å². The summed E-state index contributed by atoms with van der Waals surface area (Å²) in [6.45, 7) is 2.12. The summed E-state index contributed by atoms with van der Waals surface area (Å²) in [6.07, 6.45) is 7.19. The summed E-state index contributed by atoms with van der Waals surface area (Å²) < 4.78 is 0. The van der Waals surface area contributed by atoms with Crippen molar-refractivity contribution < 1.29 is 0 Å². The van der Waals surface area contributed by atoms with E-state index in [0.717, 1.165) is 5.52 Å². The van der Waals surface area contributed by atoms with Gasteiger partial charge in [0, 0.05) is 23.3 Å². The minimum absolute atomic E-state index is 0.654. The smallest absolute Gasteiger partial charge is 0.0751 e. The first-order chi connectivity index (χ1) is 8.34. The summed E-state index contributed by atoms with van der Waals surface area (Å²) >= 11 is 0. The highest BCUT2D eigenvalue weighted by Gasteiger charge is 2.15. The number of hydrogen-bond acceptors (Lipinski definition) is 2. The maximum Gasteiger partial charge on any atom is 0.0751 e. The normalized spacial score (nSPS) is 16.5. The maximum absolute atomic E-state index is 4.48. The maximum atomic E-state index is 4.48. The molecule has 3 rings (SSSR count). The number of nitrogens with zero attached hydrogens (tertiary/aromatic N) is 1. The number of benzene rings is 1. The van der Waals surface area contributed by atoms with E-state index >= 15 is 0 Å². The molecule has 1 heterocycles. The number of anilines is 1. The fourth-order valence-corrected chi connectivity index (χ4v) is 2.73. The van der Waals surface area contributed by atoms with Crippen molar-refractivity contribution in [1.29, 1.82) is 0 Å². The van der Waals surface area contributed by atoms with E-state index in [1.54, 1.807) is 0 Å². The number of aryl methyl sites for hydroxylation is 1. The zero-order valence-corrected chi connectivity index (χ0v) is 10.2. The van der Waals surface area contributed by atoms with Crippen molar-refractivity contribution in [2.75, 3.05) is 5.32 Å². The van der Waals surface area contributed by atoms with Gasteiger partial charge in [-0.05, 0) is 43.5 Å². The first kappa shape index (κ1) is 10.6. The summed E-state index contributed by atoms with van der Waals surface area (Å²) in [6, 6.07) is 9.18. The molecular weight excluding hydrogens is 208 g/mol. The van der Waals surface area contributed by atoms with Crippen LogP contribution in [0.25, 0.3) is 10.9 Å². The number of fused-ring (bicyclic) bond motifs is 1. The van der Waals surface area contributed by atoms with Crippen LogP contribution < -0.4 is 5.32 Å². The van der Waals surface area contributed by atoms with Gasteiger partial charge in [-0.1, -0.05) is 18.9 Å². The van der Waals surface area contributed by atoms with Gasteiger partial charge in [-0.2, -0.15) is 0 Å². The van der Waals surface area contributed by atoms with Crippen LogP contribution in [-0.4, -0.2) is 11.0 Å². The molecule has 0 radical (unpaired) electrons. The average molecular weight is 226 g/mol. The molecule has 88 valence electrons. The van der Waals surface area contributed by atoms with Gasteiger partial charge in [-0.3, -0.25) is 4.98 Å². The van der Waals surface area contributed by atoms with Crippen LogP contribution >= 0.6 is 0 Å². The summed E-state index contributed by atoms with van der Waals surface area (Å²) in [5.41, 5.74) is 3.61. The highest BCUT2D eigenvalue weighted by molar-refractivity contribution is 5.93. The second kappa shape index (κ2) is 4.36. The number of rotatable bonds is 2. The van der Waals surface area contributed by atoms with Gasteiger partial charge in [0.1, 0.15) is 0 Å². The summed E-state index contributed by atoms with van der Waals surface area (Å²) in [4.78, 5) is 4.48. The van der Waals surface area contributed by atoms with Crippen LogP contribution in [0.3, 0.4) is 0 Å². The summed E-state index contributed by atoms with van der Waals surface area (Å²) in [5.74, 6) is 0. The van der Waals surface area contributed by atoms with E-state index < -0.39 is 0 Å². The first-order valence-corrected chi connectivity index (χ1v) is 6.45. The fourth-order valence-electron chi connectivity index (χ4n) is 2.73. The van der Waals surface area contributed by atoms with Gasteiger partial charge in [-0.25, -0.2) is 0 Å². The molecule has 1 aliphatic rings. The zero-order valence-electron chi connectivity index (χ0n) is 10.2. The average Bonchev–Trinajstić information content (AvgIpc) is 2.86. The molecular formula is C15H18N2. The molecule has 1 aromatic carbocycles. The Morgan fingerprint density at radius 3 is 2.82 bits per heavy atom. The van der Waals surface area contributed by atoms with Crippen LogP contribution in [0.4, 0.5) is 5.69 Å². The Balaban J connectivity index is 2.01. The van der Waals surface area contributed by atoms with Crippen molar-refractivity contribution in [3.05, 3.63) is 36.0 Å². The molecule has 0 aliphatic heterocycles. The molecule has 2 heteroatoms. The van der Waals surface area contributed by atoms with Crippen LogP contribution in [0, 0.1) is 6.92 Å². The second-order valence-corrected chi connectivity index (χ2v) is 4.96. The lowest BCUT2D eigenvalue weighted by molar-refractivity contribution is 0.756. The lowest BCUT2D eigenvalue weighted by Gasteiger charge is -2.16. The van der Waals surface area contributed by atoms with Crippen LogP contribution in [-0.2, 0) is 0 Å². The van der Waals surface area contributed by atoms with Gasteiger partial charge in [0.05, 0.1) is 5.52 Å². The molecule has 1 saturated carbocycles. The number of aromatic nitrogens is 1. The van der Waals surface area contributed by atoms with Crippen LogP contribution in [0.15, 0.2) is 30.5 Å². The Kier molecular flexibility index (Phi) is 2.71. The predicted molar refractivity (Wildman–Crippen MR) is 72.4 cm³/mol. The van der Waals surface area contributed by atoms with E-state index in [4.69, 9.17) is 0 Å². The van der Waals surface area contributed by atoms with Gasteiger partial charge >= 0.3 is 0 Å². The quantitative estimate of drug-likeness (QED) is 0.840. The Morgan fingerprint density at radius 2 is 2.00 bits per heavy atom. The molecule has 17 heavy (non-hydrogen) atoms. The Bertz CT molecular complexity index is 527. The summed E-state index contributed by atoms with van der Waals surface area (Å²) in [5, 5.41) is 4.92. The molecule has 0 bridgehead atoms. The second-order valence-electron chi connectivity index (χ2n) is 4.96. The first-order valence-electron chi connectivity index (χ1n) is 6.45. The van der Waals surface area contributed by atoms with E-state index in [2.05, 4.69) is 35.4 Å². The Hall–Kier alpha value is -1.57. The van der Waals surface area contributed by atoms with Crippen molar-refractivity contribution in [1.82, 2.24) is 4.98 Å². The van der Waals surface area contributed by atoms with Gasteiger partial charge in [0.15, 0.2) is 0 Å². The van der Waals surface area contributed by atoms with Crippen molar-refractivity contribution in [2.24, 2.45) is 0 Å². The van der Waals surface area contributed by atoms with Gasteiger partial charge < -0.3 is 5.32 Å². The molecule has 0 amide bonds. The third kappa shape index (κ3) is 1.99. The molecule has 0 atom stereocenters. The molecule has 2 aromatic rings. The molecule has 0 unspecified atom stereocenters. The van der Waals surface area contributed by atoms with E-state index in [1.165, 1.54) is 42.3 Å². The Morgan fingerprint density at radius 1 is 1.18 bits per heavy atom. The van der Waals surface area contributed by atoms with Crippen molar-refractivity contribution in [2.45, 2.75) is 38.6 Å². The molecule has 1 aliphatic carbocycles. The monoisotopic (exact) mass is 226 g/mol. The van der Waals surface area contributed by atoms with Gasteiger partial charge in [0.25, 0.3) is 0 Å². The van der Waals surface area contributed by atoms with Gasteiger partial charge in [0.2, 0.25) is 0 Å². The highest BCUT2D eigenvalue weighted by atomic mass is 14.9. The topological polar surface area (TPSA) is 24.9 Å². The lowest BCUT2D eigenvalue weighted by Crippen LogP contribution is -2.14. The summed E-state index contributed by atoms with van der Waals surface area (Å²) in [7, 11) is 0. The van der Waals surface area contributed by atoms with E-state index in [9.17, 15) is 0 Å². The van der Waals surface area contributed by atoms with Crippen molar-refractivity contribution in [3.63, 3.8) is 0 Å². The molecule has 1 aromatic heterocycles. The van der Waals surface area contributed by atoms with E-state index in [1.807, 2.05) is 12.3 Å². The molecule has 1 fully saturated rings. The molecule has 2 nitrogen and oxygen atoms in total. The zero-order chi connectivity index (χ0) is 11.7. The molecule has 0 saturated heterocycles. The minimum Gasteiger partial charge on any atom is -0.382 e. The van der Waals surface area contributed by atoms with E-state index in [-0.39, 0.29) is 0 Å². The van der Waals surface area contributed by atoms with Crippen LogP contribution in [0.5, 0.6) is 0 Å².